The number of hydrogen-bond acceptors (Lipinski definition) is 5. The molecule has 7 rings (SSSR count). The van der Waals surface area contributed by atoms with Gasteiger partial charge in [-0.15, -0.1) is 0 Å². The van der Waals surface area contributed by atoms with Crippen molar-refractivity contribution in [1.29, 1.82) is 0 Å². The number of fused-ring (bicyclic) bond motifs is 8. The van der Waals surface area contributed by atoms with Gasteiger partial charge in [-0.2, -0.15) is 0 Å². The second kappa shape index (κ2) is 8.18. The number of rotatable bonds is 2. The van der Waals surface area contributed by atoms with Crippen LogP contribution < -0.4 is 10.6 Å². The first kappa shape index (κ1) is 20.6. The summed E-state index contributed by atoms with van der Waals surface area (Å²) in [5, 5.41) is 11.4. The summed E-state index contributed by atoms with van der Waals surface area (Å²) in [6, 6.07) is 28.1. The number of hydrogen-bond donors (Lipinski definition) is 2. The zero-order chi connectivity index (χ0) is 24.1. The van der Waals surface area contributed by atoms with E-state index in [-0.39, 0.29) is 0 Å². The summed E-state index contributed by atoms with van der Waals surface area (Å²) in [5.74, 6) is 0. The van der Waals surface area contributed by atoms with Gasteiger partial charge in [0.05, 0.1) is 22.1 Å². The lowest BCUT2D eigenvalue weighted by molar-refractivity contribution is 1.35. The lowest BCUT2D eigenvalue weighted by Crippen LogP contribution is -2.19. The van der Waals surface area contributed by atoms with E-state index in [2.05, 4.69) is 44.9 Å². The third-order valence-electron chi connectivity index (χ3n) is 6.31. The minimum absolute atomic E-state index is 0.502. The zero-order valence-electron chi connectivity index (χ0n) is 18.9. The van der Waals surface area contributed by atoms with Gasteiger partial charge in [-0.05, 0) is 54.0 Å². The molecule has 0 aliphatic rings. The summed E-state index contributed by atoms with van der Waals surface area (Å²) >= 11 is 5.62. The SMILES string of the molecule is S=C(Nc1ccc2nc3c4ncccc4c4cccnc4c3nc2c1)Nc1cccc2ccccc12. The summed E-state index contributed by atoms with van der Waals surface area (Å²) in [5.41, 5.74) is 6.43. The van der Waals surface area contributed by atoms with Gasteiger partial charge in [0.2, 0.25) is 0 Å². The fourth-order valence-corrected chi connectivity index (χ4v) is 4.93. The van der Waals surface area contributed by atoms with Crippen LogP contribution in [0, 0.1) is 0 Å². The van der Waals surface area contributed by atoms with E-state index < -0.39 is 0 Å². The van der Waals surface area contributed by atoms with E-state index in [0.29, 0.717) is 5.11 Å². The van der Waals surface area contributed by atoms with Crippen molar-refractivity contribution in [2.75, 3.05) is 10.6 Å². The Hall–Kier alpha value is -4.75. The average Bonchev–Trinajstić information content (AvgIpc) is 2.92. The molecule has 4 aromatic carbocycles. The van der Waals surface area contributed by atoms with Gasteiger partial charge < -0.3 is 10.6 Å². The van der Waals surface area contributed by atoms with Crippen molar-refractivity contribution in [2.24, 2.45) is 0 Å². The largest absolute Gasteiger partial charge is 0.332 e. The predicted octanol–water partition coefficient (Wildman–Crippen LogP) is 6.84. The van der Waals surface area contributed by atoms with Gasteiger partial charge in [0, 0.05) is 39.9 Å². The van der Waals surface area contributed by atoms with Crippen LogP contribution in [0.5, 0.6) is 0 Å². The maximum absolute atomic E-state index is 5.62. The molecule has 7 aromatic rings. The number of benzene rings is 4. The summed E-state index contributed by atoms with van der Waals surface area (Å²) in [6.45, 7) is 0. The molecule has 0 aliphatic carbocycles. The smallest absolute Gasteiger partial charge is 0.175 e. The maximum Gasteiger partial charge on any atom is 0.175 e. The lowest BCUT2D eigenvalue weighted by atomic mass is 10.1. The Labute approximate surface area is 211 Å². The molecule has 0 saturated heterocycles. The zero-order valence-corrected chi connectivity index (χ0v) is 19.8. The van der Waals surface area contributed by atoms with Gasteiger partial charge in [-0.25, -0.2) is 9.97 Å². The van der Waals surface area contributed by atoms with E-state index in [1.165, 1.54) is 0 Å². The second-order valence-corrected chi connectivity index (χ2v) is 8.94. The Morgan fingerprint density at radius 3 is 2.03 bits per heavy atom. The van der Waals surface area contributed by atoms with Crippen LogP contribution in [0.1, 0.15) is 0 Å². The first-order valence-corrected chi connectivity index (χ1v) is 11.9. The molecular weight excluding hydrogens is 464 g/mol. The summed E-state index contributed by atoms with van der Waals surface area (Å²) < 4.78 is 0. The van der Waals surface area contributed by atoms with E-state index in [1.54, 1.807) is 12.4 Å². The van der Waals surface area contributed by atoms with Crippen LogP contribution in [0.2, 0.25) is 0 Å². The minimum Gasteiger partial charge on any atom is -0.332 e. The number of thiocarbonyl (C=S) groups is 1. The van der Waals surface area contributed by atoms with Crippen LogP contribution >= 0.6 is 12.2 Å². The molecule has 0 amide bonds. The molecule has 3 heterocycles. The van der Waals surface area contributed by atoms with E-state index in [0.717, 1.165) is 66.0 Å². The third-order valence-corrected chi connectivity index (χ3v) is 6.52. The van der Waals surface area contributed by atoms with Crippen LogP contribution in [0.4, 0.5) is 11.4 Å². The first-order valence-electron chi connectivity index (χ1n) is 11.5. The Bertz CT molecular complexity index is 1980. The molecule has 6 nitrogen and oxygen atoms in total. The van der Waals surface area contributed by atoms with Gasteiger partial charge in [0.15, 0.2) is 5.11 Å². The topological polar surface area (TPSA) is 75.6 Å². The van der Waals surface area contributed by atoms with Crippen molar-refractivity contribution < 1.29 is 0 Å². The monoisotopic (exact) mass is 482 g/mol. The van der Waals surface area contributed by atoms with E-state index in [9.17, 15) is 0 Å². The Morgan fingerprint density at radius 2 is 1.25 bits per heavy atom. The molecular formula is C29H18N6S. The molecule has 3 aromatic heterocycles. The minimum atomic E-state index is 0.502. The standard InChI is InChI=1S/C29H18N6S/c36-29(35-22-11-3-7-17-6-1-2-8-19(17)22)32-18-12-13-23-24(16-18)34-28-26-21(10-5-15-31-26)20-9-4-14-30-25(20)27(28)33-23/h1-16H,(H2,32,35,36). The molecule has 0 spiro atoms. The number of nitrogens with zero attached hydrogens (tertiary/aromatic N) is 4. The van der Waals surface area contributed by atoms with E-state index in [4.69, 9.17) is 22.2 Å². The number of anilines is 2. The normalized spacial score (nSPS) is 11.4. The van der Waals surface area contributed by atoms with Crippen LogP contribution in [-0.4, -0.2) is 25.0 Å². The molecule has 7 heteroatoms. The van der Waals surface area contributed by atoms with Crippen LogP contribution in [-0.2, 0) is 0 Å². The quantitative estimate of drug-likeness (QED) is 0.159. The first-order chi connectivity index (χ1) is 17.7. The average molecular weight is 483 g/mol. The molecule has 0 atom stereocenters. The molecule has 0 aliphatic heterocycles. The molecule has 0 fully saturated rings. The van der Waals surface area contributed by atoms with Gasteiger partial charge in [0.25, 0.3) is 0 Å². The van der Waals surface area contributed by atoms with Crippen molar-refractivity contribution in [1.82, 2.24) is 19.9 Å². The molecule has 36 heavy (non-hydrogen) atoms. The highest BCUT2D eigenvalue weighted by Gasteiger charge is 2.14. The second-order valence-electron chi connectivity index (χ2n) is 8.53. The number of nitrogens with one attached hydrogen (secondary N) is 2. The van der Waals surface area contributed by atoms with Gasteiger partial charge in [0.1, 0.15) is 11.0 Å². The number of pyridine rings is 2. The van der Waals surface area contributed by atoms with Crippen molar-refractivity contribution in [2.45, 2.75) is 0 Å². The maximum atomic E-state index is 5.62. The Kier molecular flexibility index (Phi) is 4.68. The summed E-state index contributed by atoms with van der Waals surface area (Å²) in [7, 11) is 0. The van der Waals surface area contributed by atoms with Gasteiger partial charge in [-0.3, -0.25) is 9.97 Å². The van der Waals surface area contributed by atoms with Crippen molar-refractivity contribution in [3.05, 3.63) is 97.3 Å². The van der Waals surface area contributed by atoms with Crippen LogP contribution in [0.15, 0.2) is 97.3 Å². The van der Waals surface area contributed by atoms with Crippen LogP contribution in [0.25, 0.3) is 54.6 Å². The molecule has 0 radical (unpaired) electrons. The summed E-state index contributed by atoms with van der Waals surface area (Å²) in [6.07, 6.45) is 3.57. The fraction of sp³-hybridized carbons (Fsp3) is 0. The summed E-state index contributed by atoms with van der Waals surface area (Å²) in [4.78, 5) is 19.2. The Morgan fingerprint density at radius 1 is 0.583 bits per heavy atom. The molecule has 0 saturated carbocycles. The molecule has 0 bridgehead atoms. The fourth-order valence-electron chi connectivity index (χ4n) is 4.70. The van der Waals surface area contributed by atoms with Crippen molar-refractivity contribution in [3.8, 4) is 0 Å². The van der Waals surface area contributed by atoms with Crippen molar-refractivity contribution in [3.63, 3.8) is 0 Å². The number of aromatic nitrogens is 4. The predicted molar refractivity (Wildman–Crippen MR) is 151 cm³/mol. The van der Waals surface area contributed by atoms with Crippen LogP contribution in [0.3, 0.4) is 0 Å². The highest BCUT2D eigenvalue weighted by atomic mass is 32.1. The van der Waals surface area contributed by atoms with E-state index >= 15 is 0 Å². The van der Waals surface area contributed by atoms with E-state index in [1.807, 2.05) is 60.7 Å². The van der Waals surface area contributed by atoms with Crippen molar-refractivity contribution >= 4 is 83.4 Å². The highest BCUT2D eigenvalue weighted by Crippen LogP contribution is 2.32. The van der Waals surface area contributed by atoms with Gasteiger partial charge >= 0.3 is 0 Å². The Balaban J connectivity index is 1.29. The highest BCUT2D eigenvalue weighted by molar-refractivity contribution is 7.80. The molecule has 0 unspecified atom stereocenters. The third kappa shape index (κ3) is 3.37. The van der Waals surface area contributed by atoms with Gasteiger partial charge in [-0.1, -0.05) is 48.5 Å². The molecule has 170 valence electrons. The lowest BCUT2D eigenvalue weighted by Gasteiger charge is -2.13. The molecule has 2 N–H and O–H groups in total.